The number of aromatic nitrogens is 2. The molecule has 2 aromatic rings. The van der Waals surface area contributed by atoms with Crippen LogP contribution in [-0.4, -0.2) is 23.1 Å². The van der Waals surface area contributed by atoms with Crippen molar-refractivity contribution in [2.45, 2.75) is 26.7 Å². The number of hydrogen-bond acceptors (Lipinski definition) is 4. The third kappa shape index (κ3) is 2.22. The minimum atomic E-state index is 0.869. The number of nitrogens with one attached hydrogen (secondary N) is 1. The summed E-state index contributed by atoms with van der Waals surface area (Å²) in [6.07, 6.45) is 3.96. The predicted molar refractivity (Wildman–Crippen MR) is 82.7 cm³/mol. The number of para-hydroxylation sites is 1. The van der Waals surface area contributed by atoms with Crippen LogP contribution >= 0.6 is 0 Å². The van der Waals surface area contributed by atoms with Crippen molar-refractivity contribution in [1.82, 2.24) is 9.97 Å². The third-order valence-corrected chi connectivity index (χ3v) is 3.77. The highest BCUT2D eigenvalue weighted by Crippen LogP contribution is 2.34. The first-order valence-corrected chi connectivity index (χ1v) is 7.22. The second-order valence-electron chi connectivity index (χ2n) is 5.09. The van der Waals surface area contributed by atoms with E-state index in [2.05, 4.69) is 58.3 Å². The molecule has 0 radical (unpaired) electrons. The lowest BCUT2D eigenvalue weighted by Gasteiger charge is -2.31. The first kappa shape index (κ1) is 12.9. The van der Waals surface area contributed by atoms with Gasteiger partial charge in [-0.3, -0.25) is 0 Å². The highest BCUT2D eigenvalue weighted by molar-refractivity contribution is 5.70. The van der Waals surface area contributed by atoms with Crippen LogP contribution in [0.4, 0.5) is 17.3 Å². The molecule has 1 aromatic carbocycles. The fourth-order valence-electron chi connectivity index (χ4n) is 2.81. The summed E-state index contributed by atoms with van der Waals surface area (Å²) < 4.78 is 0. The van der Waals surface area contributed by atoms with Crippen LogP contribution in [0.2, 0.25) is 0 Å². The molecule has 0 unspecified atom stereocenters. The standard InChI is InChI=1S/C16H20N4/c1-3-17-15-12(2)16(19-11-18-15)20-10-6-8-13-7-4-5-9-14(13)20/h4-5,7,9,11H,3,6,8,10H2,1-2H3,(H,17,18,19). The average Bonchev–Trinajstić information content (AvgIpc) is 2.49. The summed E-state index contributed by atoms with van der Waals surface area (Å²) in [6.45, 7) is 6.05. The molecular weight excluding hydrogens is 248 g/mol. The molecule has 0 spiro atoms. The molecule has 0 saturated heterocycles. The zero-order valence-electron chi connectivity index (χ0n) is 12.1. The van der Waals surface area contributed by atoms with Crippen molar-refractivity contribution in [2.24, 2.45) is 0 Å². The minimum Gasteiger partial charge on any atom is -0.370 e. The van der Waals surface area contributed by atoms with E-state index in [0.717, 1.165) is 43.1 Å². The molecule has 1 aliphatic heterocycles. The molecule has 0 bridgehead atoms. The number of fused-ring (bicyclic) bond motifs is 1. The summed E-state index contributed by atoms with van der Waals surface area (Å²) in [6, 6.07) is 8.60. The monoisotopic (exact) mass is 268 g/mol. The quantitative estimate of drug-likeness (QED) is 0.927. The van der Waals surface area contributed by atoms with Gasteiger partial charge in [0.05, 0.1) is 0 Å². The van der Waals surface area contributed by atoms with Crippen LogP contribution in [0.5, 0.6) is 0 Å². The Morgan fingerprint density at radius 2 is 2.10 bits per heavy atom. The van der Waals surface area contributed by atoms with E-state index in [1.54, 1.807) is 6.33 Å². The van der Waals surface area contributed by atoms with Crippen LogP contribution in [0, 0.1) is 6.92 Å². The lowest BCUT2D eigenvalue weighted by Crippen LogP contribution is -2.26. The van der Waals surface area contributed by atoms with Gasteiger partial charge in [0.1, 0.15) is 18.0 Å². The Bertz CT molecular complexity index is 609. The molecule has 0 aliphatic carbocycles. The summed E-state index contributed by atoms with van der Waals surface area (Å²) in [4.78, 5) is 11.2. The summed E-state index contributed by atoms with van der Waals surface area (Å²) in [5, 5.41) is 3.30. The number of aryl methyl sites for hydroxylation is 1. The maximum absolute atomic E-state index is 4.52. The Hall–Kier alpha value is -2.10. The molecule has 3 rings (SSSR count). The van der Waals surface area contributed by atoms with Gasteiger partial charge >= 0.3 is 0 Å². The van der Waals surface area contributed by atoms with Crippen molar-refractivity contribution in [3.63, 3.8) is 0 Å². The second-order valence-corrected chi connectivity index (χ2v) is 5.09. The van der Waals surface area contributed by atoms with E-state index >= 15 is 0 Å². The van der Waals surface area contributed by atoms with E-state index in [1.807, 2.05) is 0 Å². The van der Waals surface area contributed by atoms with Gasteiger partial charge in [0.15, 0.2) is 0 Å². The van der Waals surface area contributed by atoms with Gasteiger partial charge in [0.2, 0.25) is 0 Å². The van der Waals surface area contributed by atoms with Crippen molar-refractivity contribution >= 4 is 17.3 Å². The smallest absolute Gasteiger partial charge is 0.141 e. The molecule has 104 valence electrons. The molecule has 4 heteroatoms. The molecule has 0 atom stereocenters. The maximum atomic E-state index is 4.52. The van der Waals surface area contributed by atoms with E-state index in [1.165, 1.54) is 11.3 Å². The molecule has 1 aliphatic rings. The van der Waals surface area contributed by atoms with E-state index in [-0.39, 0.29) is 0 Å². The van der Waals surface area contributed by atoms with Gasteiger partial charge < -0.3 is 10.2 Å². The number of benzene rings is 1. The largest absolute Gasteiger partial charge is 0.370 e. The molecule has 1 N–H and O–H groups in total. The van der Waals surface area contributed by atoms with Crippen LogP contribution in [0.1, 0.15) is 24.5 Å². The first-order valence-electron chi connectivity index (χ1n) is 7.22. The van der Waals surface area contributed by atoms with Crippen LogP contribution in [0.3, 0.4) is 0 Å². The average molecular weight is 268 g/mol. The Balaban J connectivity index is 2.04. The zero-order valence-corrected chi connectivity index (χ0v) is 12.1. The van der Waals surface area contributed by atoms with Gasteiger partial charge in [-0.25, -0.2) is 9.97 Å². The van der Waals surface area contributed by atoms with Gasteiger partial charge in [-0.15, -0.1) is 0 Å². The predicted octanol–water partition coefficient (Wildman–Crippen LogP) is 3.30. The SMILES string of the molecule is CCNc1ncnc(N2CCCc3ccccc32)c1C. The number of anilines is 3. The highest BCUT2D eigenvalue weighted by Gasteiger charge is 2.21. The maximum Gasteiger partial charge on any atom is 0.141 e. The summed E-state index contributed by atoms with van der Waals surface area (Å²) in [5.41, 5.74) is 3.80. The van der Waals surface area contributed by atoms with Crippen molar-refractivity contribution < 1.29 is 0 Å². The van der Waals surface area contributed by atoms with E-state index in [9.17, 15) is 0 Å². The number of nitrogens with zero attached hydrogens (tertiary/aromatic N) is 3. The van der Waals surface area contributed by atoms with Gasteiger partial charge in [0, 0.05) is 24.3 Å². The van der Waals surface area contributed by atoms with Gasteiger partial charge in [-0.1, -0.05) is 18.2 Å². The molecule has 2 heterocycles. The third-order valence-electron chi connectivity index (χ3n) is 3.77. The van der Waals surface area contributed by atoms with Crippen molar-refractivity contribution in [3.8, 4) is 0 Å². The molecule has 20 heavy (non-hydrogen) atoms. The first-order chi connectivity index (χ1) is 9.81. The Labute approximate surface area is 119 Å². The molecule has 1 aromatic heterocycles. The van der Waals surface area contributed by atoms with Crippen molar-refractivity contribution in [3.05, 3.63) is 41.7 Å². The molecule has 0 amide bonds. The Morgan fingerprint density at radius 3 is 2.95 bits per heavy atom. The number of hydrogen-bond donors (Lipinski definition) is 1. The fraction of sp³-hybridized carbons (Fsp3) is 0.375. The van der Waals surface area contributed by atoms with E-state index in [4.69, 9.17) is 0 Å². The lowest BCUT2D eigenvalue weighted by molar-refractivity contribution is 0.756. The van der Waals surface area contributed by atoms with Gasteiger partial charge in [-0.05, 0) is 38.3 Å². The summed E-state index contributed by atoms with van der Waals surface area (Å²) >= 11 is 0. The van der Waals surface area contributed by atoms with E-state index in [0.29, 0.717) is 0 Å². The van der Waals surface area contributed by atoms with Crippen LogP contribution in [0.15, 0.2) is 30.6 Å². The highest BCUT2D eigenvalue weighted by atomic mass is 15.2. The van der Waals surface area contributed by atoms with Gasteiger partial charge in [0.25, 0.3) is 0 Å². The van der Waals surface area contributed by atoms with Crippen LogP contribution in [0.25, 0.3) is 0 Å². The molecular formula is C16H20N4. The molecule has 0 saturated carbocycles. The fourth-order valence-corrected chi connectivity index (χ4v) is 2.81. The van der Waals surface area contributed by atoms with E-state index < -0.39 is 0 Å². The minimum absolute atomic E-state index is 0.869. The van der Waals surface area contributed by atoms with Crippen molar-refractivity contribution in [1.29, 1.82) is 0 Å². The topological polar surface area (TPSA) is 41.1 Å². The van der Waals surface area contributed by atoms with Crippen LogP contribution in [-0.2, 0) is 6.42 Å². The number of rotatable bonds is 3. The zero-order chi connectivity index (χ0) is 13.9. The van der Waals surface area contributed by atoms with Gasteiger partial charge in [-0.2, -0.15) is 0 Å². The normalized spacial score (nSPS) is 14.0. The van der Waals surface area contributed by atoms with Crippen LogP contribution < -0.4 is 10.2 Å². The van der Waals surface area contributed by atoms with Crippen molar-refractivity contribution in [2.75, 3.05) is 23.3 Å². The Morgan fingerprint density at radius 1 is 1.25 bits per heavy atom. The second kappa shape index (κ2) is 5.49. The lowest BCUT2D eigenvalue weighted by atomic mass is 10.0. The summed E-state index contributed by atoms with van der Waals surface area (Å²) in [7, 11) is 0. The molecule has 4 nitrogen and oxygen atoms in total. The Kier molecular flexibility index (Phi) is 3.54. The summed E-state index contributed by atoms with van der Waals surface area (Å²) in [5.74, 6) is 1.95. The molecule has 0 fully saturated rings.